The second-order valence-corrected chi connectivity index (χ2v) is 5.27. The van der Waals surface area contributed by atoms with E-state index in [1.807, 2.05) is 13.8 Å². The molecule has 0 saturated carbocycles. The van der Waals surface area contributed by atoms with Gasteiger partial charge >= 0.3 is 6.01 Å². The first-order valence-corrected chi connectivity index (χ1v) is 6.40. The average Bonchev–Trinajstić information content (AvgIpc) is 2.34. The van der Waals surface area contributed by atoms with Crippen molar-refractivity contribution in [2.75, 3.05) is 25.1 Å². The van der Waals surface area contributed by atoms with Crippen LogP contribution < -0.4 is 9.64 Å². The number of methoxy groups -OCH3 is 1. The molecule has 1 aliphatic rings. The zero-order valence-corrected chi connectivity index (χ0v) is 11.6. The molecule has 0 spiro atoms. The van der Waals surface area contributed by atoms with Gasteiger partial charge in [0.05, 0.1) is 13.2 Å². The lowest BCUT2D eigenvalue weighted by molar-refractivity contribution is 0.0527. The zero-order valence-electron chi connectivity index (χ0n) is 10.8. The number of aromatic nitrogens is 2. The topological polar surface area (TPSA) is 58.5 Å². The summed E-state index contributed by atoms with van der Waals surface area (Å²) in [7, 11) is 1.51. The van der Waals surface area contributed by atoms with E-state index in [1.165, 1.54) is 7.11 Å². The van der Waals surface area contributed by atoms with Crippen molar-refractivity contribution in [2.45, 2.75) is 20.0 Å². The molecule has 5 nitrogen and oxygen atoms in total. The van der Waals surface area contributed by atoms with Crippen LogP contribution in [-0.2, 0) is 0 Å². The Morgan fingerprint density at radius 3 is 2.50 bits per heavy atom. The third-order valence-corrected chi connectivity index (χ3v) is 3.54. The van der Waals surface area contributed by atoms with E-state index >= 15 is 0 Å². The van der Waals surface area contributed by atoms with Gasteiger partial charge in [-0.1, -0.05) is 25.4 Å². The Labute approximate surface area is 112 Å². The lowest BCUT2D eigenvalue weighted by Crippen LogP contribution is -2.47. The van der Waals surface area contributed by atoms with Crippen LogP contribution in [0.4, 0.5) is 5.82 Å². The second-order valence-electron chi connectivity index (χ2n) is 4.89. The molecule has 0 aromatic carbocycles. The summed E-state index contributed by atoms with van der Waals surface area (Å²) in [6.45, 7) is 5.57. The van der Waals surface area contributed by atoms with E-state index in [0.717, 1.165) is 18.9 Å². The lowest BCUT2D eigenvalue weighted by atomic mass is 9.88. The predicted molar refractivity (Wildman–Crippen MR) is 70.1 cm³/mol. The molecule has 0 bridgehead atoms. The Morgan fingerprint density at radius 2 is 1.94 bits per heavy atom. The molecule has 2 heterocycles. The monoisotopic (exact) mass is 271 g/mol. The van der Waals surface area contributed by atoms with E-state index in [4.69, 9.17) is 16.3 Å². The number of aliphatic hydroxyl groups excluding tert-OH is 1. The first-order chi connectivity index (χ1) is 8.51. The van der Waals surface area contributed by atoms with Crippen molar-refractivity contribution in [3.63, 3.8) is 0 Å². The first kappa shape index (κ1) is 13.4. The number of aliphatic hydroxyl groups is 1. The highest BCUT2D eigenvalue weighted by Gasteiger charge is 2.31. The summed E-state index contributed by atoms with van der Waals surface area (Å²) < 4.78 is 5.02. The Kier molecular flexibility index (Phi) is 3.92. The van der Waals surface area contributed by atoms with E-state index in [0.29, 0.717) is 5.15 Å². The Morgan fingerprint density at radius 1 is 1.33 bits per heavy atom. The van der Waals surface area contributed by atoms with E-state index in [1.54, 1.807) is 6.07 Å². The van der Waals surface area contributed by atoms with Gasteiger partial charge in [0.1, 0.15) is 11.0 Å². The van der Waals surface area contributed by atoms with Gasteiger partial charge in [0.2, 0.25) is 0 Å². The van der Waals surface area contributed by atoms with Crippen LogP contribution >= 0.6 is 11.6 Å². The molecule has 6 heteroatoms. The fourth-order valence-corrected chi connectivity index (χ4v) is 2.54. The number of anilines is 1. The molecule has 1 saturated heterocycles. The molecule has 1 aromatic rings. The fraction of sp³-hybridized carbons (Fsp3) is 0.667. The number of hydrogen-bond acceptors (Lipinski definition) is 5. The number of hydrogen-bond donors (Lipinski definition) is 1. The van der Waals surface area contributed by atoms with Crippen molar-refractivity contribution >= 4 is 17.4 Å². The van der Waals surface area contributed by atoms with Gasteiger partial charge in [-0.2, -0.15) is 9.97 Å². The summed E-state index contributed by atoms with van der Waals surface area (Å²) in [6, 6.07) is 1.99. The largest absolute Gasteiger partial charge is 0.467 e. The van der Waals surface area contributed by atoms with Crippen LogP contribution in [0, 0.1) is 11.8 Å². The molecule has 1 aromatic heterocycles. The summed E-state index contributed by atoms with van der Waals surface area (Å²) >= 11 is 5.94. The minimum Gasteiger partial charge on any atom is -0.467 e. The first-order valence-electron chi connectivity index (χ1n) is 6.03. The summed E-state index contributed by atoms with van der Waals surface area (Å²) in [5, 5.41) is 10.3. The van der Waals surface area contributed by atoms with Gasteiger partial charge in [-0.3, -0.25) is 0 Å². The Hall–Kier alpha value is -1.07. The second kappa shape index (κ2) is 5.28. The third-order valence-electron chi connectivity index (χ3n) is 3.35. The summed E-state index contributed by atoms with van der Waals surface area (Å²) in [5.41, 5.74) is 0. The molecular formula is C12H18ClN3O2. The maximum absolute atomic E-state index is 9.96. The molecular weight excluding hydrogens is 254 g/mol. The molecule has 0 amide bonds. The molecule has 0 aliphatic carbocycles. The predicted octanol–water partition coefficient (Wildman–Crippen LogP) is 1.59. The zero-order chi connectivity index (χ0) is 13.3. The van der Waals surface area contributed by atoms with Gasteiger partial charge in [-0.05, 0) is 11.8 Å². The third kappa shape index (κ3) is 2.67. The van der Waals surface area contributed by atoms with E-state index in [9.17, 15) is 5.11 Å². The average molecular weight is 272 g/mol. The molecule has 3 atom stereocenters. The van der Waals surface area contributed by atoms with E-state index in [-0.39, 0.29) is 24.0 Å². The molecule has 2 rings (SSSR count). The van der Waals surface area contributed by atoms with Gasteiger partial charge in [-0.15, -0.1) is 0 Å². The van der Waals surface area contributed by atoms with Crippen LogP contribution in [0.1, 0.15) is 13.8 Å². The number of ether oxygens (including phenoxy) is 1. The van der Waals surface area contributed by atoms with Crippen molar-refractivity contribution in [3.05, 3.63) is 11.2 Å². The minimum atomic E-state index is -0.263. The summed E-state index contributed by atoms with van der Waals surface area (Å²) in [4.78, 5) is 10.4. The van der Waals surface area contributed by atoms with Gasteiger partial charge < -0.3 is 14.7 Å². The SMILES string of the molecule is COc1nc(Cl)cc(N2C[C@@H](C)C(O)[C@@H](C)C2)n1. The highest BCUT2D eigenvalue weighted by atomic mass is 35.5. The molecule has 1 aliphatic heterocycles. The molecule has 18 heavy (non-hydrogen) atoms. The van der Waals surface area contributed by atoms with Crippen molar-refractivity contribution in [3.8, 4) is 6.01 Å². The van der Waals surface area contributed by atoms with Crippen LogP contribution in [0.25, 0.3) is 0 Å². The maximum atomic E-state index is 9.96. The normalized spacial score (nSPS) is 28.3. The highest BCUT2D eigenvalue weighted by molar-refractivity contribution is 6.29. The number of nitrogens with zero attached hydrogens (tertiary/aromatic N) is 3. The Bertz CT molecular complexity index is 418. The van der Waals surface area contributed by atoms with E-state index in [2.05, 4.69) is 14.9 Å². The van der Waals surface area contributed by atoms with Crippen molar-refractivity contribution < 1.29 is 9.84 Å². The minimum absolute atomic E-state index is 0.202. The molecule has 1 unspecified atom stereocenters. The standard InChI is InChI=1S/C12H18ClN3O2/c1-7-5-16(6-8(2)11(7)17)10-4-9(13)14-12(15-10)18-3/h4,7-8,11,17H,5-6H2,1-3H3/t7-,8+,11?. The van der Waals surface area contributed by atoms with Gasteiger partial charge in [0, 0.05) is 19.2 Å². The van der Waals surface area contributed by atoms with Crippen molar-refractivity contribution in [2.24, 2.45) is 11.8 Å². The lowest BCUT2D eigenvalue weighted by Gasteiger charge is -2.39. The van der Waals surface area contributed by atoms with Crippen molar-refractivity contribution in [1.29, 1.82) is 0 Å². The molecule has 1 N–H and O–H groups in total. The highest BCUT2D eigenvalue weighted by Crippen LogP contribution is 2.27. The fourth-order valence-electron chi connectivity index (χ4n) is 2.37. The van der Waals surface area contributed by atoms with Crippen LogP contribution in [-0.4, -0.2) is 41.4 Å². The number of rotatable bonds is 2. The smallest absolute Gasteiger partial charge is 0.319 e. The number of piperidine rings is 1. The van der Waals surface area contributed by atoms with Crippen LogP contribution in [0.3, 0.4) is 0 Å². The van der Waals surface area contributed by atoms with Crippen LogP contribution in [0.5, 0.6) is 6.01 Å². The molecule has 0 radical (unpaired) electrons. The van der Waals surface area contributed by atoms with Gasteiger partial charge in [0.25, 0.3) is 0 Å². The molecule has 1 fully saturated rings. The van der Waals surface area contributed by atoms with Gasteiger partial charge in [-0.25, -0.2) is 0 Å². The number of halogens is 1. The Balaban J connectivity index is 2.23. The summed E-state index contributed by atoms with van der Waals surface area (Å²) in [6.07, 6.45) is -0.263. The molecule has 100 valence electrons. The van der Waals surface area contributed by atoms with Crippen LogP contribution in [0.15, 0.2) is 6.07 Å². The van der Waals surface area contributed by atoms with Crippen LogP contribution in [0.2, 0.25) is 5.15 Å². The summed E-state index contributed by atoms with van der Waals surface area (Å²) in [5.74, 6) is 1.15. The van der Waals surface area contributed by atoms with E-state index < -0.39 is 0 Å². The van der Waals surface area contributed by atoms with Crippen molar-refractivity contribution in [1.82, 2.24) is 9.97 Å². The quantitative estimate of drug-likeness (QED) is 0.828. The van der Waals surface area contributed by atoms with Gasteiger partial charge in [0.15, 0.2) is 0 Å². The maximum Gasteiger partial charge on any atom is 0.319 e.